The van der Waals surface area contributed by atoms with Gasteiger partial charge in [-0.15, -0.1) is 11.3 Å². The lowest BCUT2D eigenvalue weighted by molar-refractivity contribution is -0.385. The first-order valence-electron chi connectivity index (χ1n) is 8.27. The Labute approximate surface area is 161 Å². The van der Waals surface area contributed by atoms with E-state index in [4.69, 9.17) is 0 Å². The first kappa shape index (κ1) is 17.8. The van der Waals surface area contributed by atoms with Crippen LogP contribution in [0.25, 0.3) is 4.96 Å². The summed E-state index contributed by atoms with van der Waals surface area (Å²) < 4.78 is 1.85. The number of imidazole rings is 1. The molecule has 3 amide bonds. The first-order chi connectivity index (χ1) is 13.5. The predicted molar refractivity (Wildman–Crippen MR) is 98.0 cm³/mol. The monoisotopic (exact) mass is 399 g/mol. The molecule has 3 aromatic rings. The number of amides is 3. The second kappa shape index (κ2) is 6.85. The molecule has 0 aliphatic carbocycles. The zero-order valence-corrected chi connectivity index (χ0v) is 15.1. The van der Waals surface area contributed by atoms with E-state index >= 15 is 0 Å². The Morgan fingerprint density at radius 3 is 2.86 bits per heavy atom. The summed E-state index contributed by atoms with van der Waals surface area (Å²) >= 11 is 1.48. The smallest absolute Gasteiger partial charge is 0.282 e. The van der Waals surface area contributed by atoms with Crippen LogP contribution in [0.5, 0.6) is 0 Å². The highest BCUT2D eigenvalue weighted by Crippen LogP contribution is 2.30. The average molecular weight is 399 g/mol. The van der Waals surface area contributed by atoms with Gasteiger partial charge in [0.25, 0.3) is 17.5 Å². The number of benzene rings is 1. The standard InChI is InChI=1S/C17H13N5O5S/c23-13(18-8-10-9-20-6-7-28-17(20)19-10)4-5-21-15(24)11-2-1-3-12(22(26)27)14(11)16(21)25/h1-3,6-7,9H,4-5,8H2,(H,18,23). The number of aromatic nitrogens is 2. The third-order valence-corrected chi connectivity index (χ3v) is 5.12. The highest BCUT2D eigenvalue weighted by atomic mass is 32.1. The Hall–Kier alpha value is -3.60. The van der Waals surface area contributed by atoms with Gasteiger partial charge in [-0.3, -0.25) is 33.8 Å². The van der Waals surface area contributed by atoms with Crippen LogP contribution in [0.1, 0.15) is 32.8 Å². The van der Waals surface area contributed by atoms with E-state index in [9.17, 15) is 24.5 Å². The lowest BCUT2D eigenvalue weighted by Crippen LogP contribution is -2.34. The zero-order valence-electron chi connectivity index (χ0n) is 14.3. The molecular formula is C17H13N5O5S. The highest BCUT2D eigenvalue weighted by molar-refractivity contribution is 7.15. The number of nitro groups is 1. The van der Waals surface area contributed by atoms with Crippen molar-refractivity contribution in [3.05, 3.63) is 62.9 Å². The topological polar surface area (TPSA) is 127 Å². The van der Waals surface area contributed by atoms with E-state index in [1.54, 1.807) is 6.20 Å². The van der Waals surface area contributed by atoms with Crippen molar-refractivity contribution in [2.24, 2.45) is 0 Å². The molecule has 28 heavy (non-hydrogen) atoms. The minimum absolute atomic E-state index is 0.0160. The van der Waals surface area contributed by atoms with Crippen molar-refractivity contribution in [3.8, 4) is 0 Å². The molecule has 0 spiro atoms. The van der Waals surface area contributed by atoms with E-state index in [1.807, 2.05) is 16.0 Å². The molecule has 0 fully saturated rings. The van der Waals surface area contributed by atoms with Gasteiger partial charge in [-0.25, -0.2) is 4.98 Å². The van der Waals surface area contributed by atoms with Crippen LogP contribution in [-0.2, 0) is 11.3 Å². The van der Waals surface area contributed by atoms with E-state index in [2.05, 4.69) is 10.3 Å². The fraction of sp³-hybridized carbons (Fsp3) is 0.176. The molecule has 4 rings (SSSR count). The molecule has 11 heteroatoms. The molecule has 1 aliphatic heterocycles. The van der Waals surface area contributed by atoms with Crippen LogP contribution in [0, 0.1) is 10.1 Å². The lowest BCUT2D eigenvalue weighted by atomic mass is 10.1. The van der Waals surface area contributed by atoms with Crippen molar-refractivity contribution in [3.63, 3.8) is 0 Å². The molecular weight excluding hydrogens is 386 g/mol. The molecule has 0 bridgehead atoms. The summed E-state index contributed by atoms with van der Waals surface area (Å²) in [4.78, 5) is 53.4. The summed E-state index contributed by atoms with van der Waals surface area (Å²) in [7, 11) is 0. The number of thiazole rings is 1. The zero-order chi connectivity index (χ0) is 19.8. The van der Waals surface area contributed by atoms with Gasteiger partial charge >= 0.3 is 0 Å². The molecule has 1 aromatic carbocycles. The van der Waals surface area contributed by atoms with Crippen LogP contribution in [0.4, 0.5) is 5.69 Å². The predicted octanol–water partition coefficient (Wildman–Crippen LogP) is 1.61. The third kappa shape index (κ3) is 3.01. The molecule has 1 N–H and O–H groups in total. The molecule has 1 aliphatic rings. The average Bonchev–Trinajstić information content (AvgIpc) is 3.32. The Morgan fingerprint density at radius 2 is 2.11 bits per heavy atom. The Bertz CT molecular complexity index is 1110. The largest absolute Gasteiger partial charge is 0.350 e. The van der Waals surface area contributed by atoms with Crippen molar-refractivity contribution >= 4 is 39.7 Å². The van der Waals surface area contributed by atoms with Crippen molar-refractivity contribution in [1.82, 2.24) is 19.6 Å². The number of nitrogens with zero attached hydrogens (tertiary/aromatic N) is 4. The van der Waals surface area contributed by atoms with E-state index < -0.39 is 22.4 Å². The summed E-state index contributed by atoms with van der Waals surface area (Å²) in [6.45, 7) is 0.0639. The summed E-state index contributed by atoms with van der Waals surface area (Å²) in [5, 5.41) is 15.7. The van der Waals surface area contributed by atoms with E-state index in [0.717, 1.165) is 9.86 Å². The molecule has 2 aromatic heterocycles. The highest BCUT2D eigenvalue weighted by Gasteiger charge is 2.40. The van der Waals surface area contributed by atoms with Crippen LogP contribution in [-0.4, -0.2) is 43.5 Å². The summed E-state index contributed by atoms with van der Waals surface area (Å²) in [6, 6.07) is 3.90. The molecule has 0 saturated heterocycles. The normalized spacial score (nSPS) is 13.2. The molecule has 142 valence electrons. The second-order valence-corrected chi connectivity index (χ2v) is 6.94. The number of nitro benzene ring substituents is 1. The quantitative estimate of drug-likeness (QED) is 0.381. The van der Waals surface area contributed by atoms with Crippen molar-refractivity contribution in [1.29, 1.82) is 0 Å². The molecule has 0 atom stereocenters. The maximum absolute atomic E-state index is 12.5. The number of hydrogen-bond acceptors (Lipinski definition) is 7. The molecule has 0 unspecified atom stereocenters. The fourth-order valence-corrected chi connectivity index (χ4v) is 3.74. The Morgan fingerprint density at radius 1 is 1.29 bits per heavy atom. The Balaban J connectivity index is 1.38. The maximum Gasteiger partial charge on any atom is 0.282 e. The van der Waals surface area contributed by atoms with E-state index in [1.165, 1.54) is 29.5 Å². The minimum Gasteiger partial charge on any atom is -0.350 e. The molecule has 10 nitrogen and oxygen atoms in total. The van der Waals surface area contributed by atoms with Gasteiger partial charge in [0.15, 0.2) is 4.96 Å². The van der Waals surface area contributed by atoms with Gasteiger partial charge in [0.05, 0.1) is 22.7 Å². The van der Waals surface area contributed by atoms with Crippen molar-refractivity contribution in [2.45, 2.75) is 13.0 Å². The van der Waals surface area contributed by atoms with Gasteiger partial charge in [-0.1, -0.05) is 6.07 Å². The number of carbonyl (C=O) groups excluding carboxylic acids is 3. The van der Waals surface area contributed by atoms with Crippen LogP contribution in [0.15, 0.2) is 36.0 Å². The van der Waals surface area contributed by atoms with Gasteiger partial charge in [-0.05, 0) is 6.07 Å². The number of fused-ring (bicyclic) bond motifs is 2. The first-order valence-corrected chi connectivity index (χ1v) is 9.15. The van der Waals surface area contributed by atoms with Gasteiger partial charge in [0.1, 0.15) is 5.56 Å². The number of imide groups is 1. The third-order valence-electron chi connectivity index (χ3n) is 4.35. The second-order valence-electron chi connectivity index (χ2n) is 6.07. The van der Waals surface area contributed by atoms with Crippen LogP contribution >= 0.6 is 11.3 Å². The van der Waals surface area contributed by atoms with Crippen LogP contribution in [0.3, 0.4) is 0 Å². The van der Waals surface area contributed by atoms with Gasteiger partial charge in [0.2, 0.25) is 5.91 Å². The lowest BCUT2D eigenvalue weighted by Gasteiger charge is -2.13. The van der Waals surface area contributed by atoms with Gasteiger partial charge < -0.3 is 5.32 Å². The minimum atomic E-state index is -0.755. The summed E-state index contributed by atoms with van der Waals surface area (Å²) in [6.07, 6.45) is 3.55. The van der Waals surface area contributed by atoms with Crippen LogP contribution in [0.2, 0.25) is 0 Å². The Kier molecular flexibility index (Phi) is 4.35. The van der Waals surface area contributed by atoms with Crippen molar-refractivity contribution < 1.29 is 19.3 Å². The van der Waals surface area contributed by atoms with Crippen LogP contribution < -0.4 is 5.32 Å². The van der Waals surface area contributed by atoms with Gasteiger partial charge in [0, 0.05) is 36.8 Å². The number of nitrogens with one attached hydrogen (secondary N) is 1. The molecule has 3 heterocycles. The maximum atomic E-state index is 12.5. The van der Waals surface area contributed by atoms with E-state index in [0.29, 0.717) is 5.69 Å². The SMILES string of the molecule is O=C(CCN1C(=O)c2cccc([N+](=O)[O-])c2C1=O)NCc1cn2ccsc2n1. The summed E-state index contributed by atoms with van der Waals surface area (Å²) in [5.41, 5.74) is 0.0350. The fourth-order valence-electron chi connectivity index (χ4n) is 3.02. The molecule has 0 radical (unpaired) electrons. The molecule has 0 saturated carbocycles. The number of hydrogen-bond donors (Lipinski definition) is 1. The number of rotatable bonds is 6. The van der Waals surface area contributed by atoms with E-state index in [-0.39, 0.29) is 36.5 Å². The summed E-state index contributed by atoms with van der Waals surface area (Å²) in [5.74, 6) is -1.75. The van der Waals surface area contributed by atoms with Crippen molar-refractivity contribution in [2.75, 3.05) is 6.54 Å². The van der Waals surface area contributed by atoms with Gasteiger partial charge in [-0.2, -0.15) is 0 Å². The number of carbonyl (C=O) groups is 3.